The summed E-state index contributed by atoms with van der Waals surface area (Å²) in [5.74, 6) is 0. The van der Waals surface area contributed by atoms with Gasteiger partial charge in [0.1, 0.15) is 0 Å². The fraction of sp³-hybridized carbons (Fsp3) is 0.739. The van der Waals surface area contributed by atoms with E-state index in [4.69, 9.17) is 8.23 Å². The van der Waals surface area contributed by atoms with Crippen LogP contribution in [0.3, 0.4) is 0 Å². The maximum Gasteiger partial charge on any atom is 0.176 e. The van der Waals surface area contributed by atoms with E-state index in [1.807, 2.05) is 0 Å². The van der Waals surface area contributed by atoms with E-state index in [1.54, 1.807) is 0 Å². The molecule has 1 rings (SSSR count). The standard InChI is InChI=1S/C23H48O2Si4/c1-11-27(7,8)25-29(10,13-3)21-19-23-16-14-22(15-17-23)18-20-28(9,12-2)24-26(4,5)6/h14-17H,11-13,18-21H2,1-10H3. The van der Waals surface area contributed by atoms with Crippen molar-refractivity contribution in [2.75, 3.05) is 0 Å². The van der Waals surface area contributed by atoms with Gasteiger partial charge < -0.3 is 8.23 Å². The molecule has 0 heterocycles. The van der Waals surface area contributed by atoms with Gasteiger partial charge in [-0.05, 0) is 100 Å². The number of hydrogen-bond acceptors (Lipinski definition) is 2. The lowest BCUT2D eigenvalue weighted by molar-refractivity contribution is 0.530. The Bertz CT molecular complexity index is 612. The summed E-state index contributed by atoms with van der Waals surface area (Å²) < 4.78 is 13.4. The van der Waals surface area contributed by atoms with E-state index in [-0.39, 0.29) is 0 Å². The number of aryl methyl sites for hydroxylation is 2. The van der Waals surface area contributed by atoms with Crippen LogP contribution in [0.25, 0.3) is 0 Å². The molecule has 168 valence electrons. The van der Waals surface area contributed by atoms with Crippen LogP contribution in [0.15, 0.2) is 24.3 Å². The summed E-state index contributed by atoms with van der Waals surface area (Å²) in [4.78, 5) is 0. The van der Waals surface area contributed by atoms with Crippen LogP contribution >= 0.6 is 0 Å². The average molecular weight is 469 g/mol. The van der Waals surface area contributed by atoms with E-state index in [0.717, 1.165) is 12.8 Å². The Morgan fingerprint density at radius 3 is 1.28 bits per heavy atom. The third-order valence-corrected chi connectivity index (χ3v) is 22.2. The molecule has 1 aromatic rings. The summed E-state index contributed by atoms with van der Waals surface area (Å²) in [6.45, 7) is 23.5. The normalized spacial score (nSPS) is 17.0. The Kier molecular flexibility index (Phi) is 10.3. The van der Waals surface area contributed by atoms with E-state index in [0.29, 0.717) is 0 Å². The lowest BCUT2D eigenvalue weighted by atomic mass is 10.1. The molecule has 0 radical (unpaired) electrons. The van der Waals surface area contributed by atoms with E-state index in [2.05, 4.69) is 90.9 Å². The van der Waals surface area contributed by atoms with Crippen LogP contribution in [0.5, 0.6) is 0 Å². The monoisotopic (exact) mass is 468 g/mol. The van der Waals surface area contributed by atoms with Crippen molar-refractivity contribution < 1.29 is 8.23 Å². The molecule has 0 aliphatic heterocycles. The van der Waals surface area contributed by atoms with Crippen LogP contribution in [0.1, 0.15) is 31.9 Å². The molecule has 0 aliphatic carbocycles. The molecule has 0 spiro atoms. The highest BCUT2D eigenvalue weighted by atomic mass is 28.4. The first-order chi connectivity index (χ1) is 13.3. The van der Waals surface area contributed by atoms with Crippen molar-refractivity contribution in [3.63, 3.8) is 0 Å². The molecule has 0 aromatic heterocycles. The minimum atomic E-state index is -1.59. The Morgan fingerprint density at radius 2 is 0.966 bits per heavy atom. The van der Waals surface area contributed by atoms with E-state index in [1.165, 1.54) is 41.3 Å². The van der Waals surface area contributed by atoms with Gasteiger partial charge in [-0.25, -0.2) is 0 Å². The third kappa shape index (κ3) is 10.2. The second-order valence-corrected chi connectivity index (χ2v) is 29.2. The molecule has 2 unspecified atom stereocenters. The van der Waals surface area contributed by atoms with Crippen molar-refractivity contribution in [1.29, 1.82) is 0 Å². The zero-order chi connectivity index (χ0) is 22.3. The van der Waals surface area contributed by atoms with E-state index in [9.17, 15) is 0 Å². The Labute approximate surface area is 186 Å². The van der Waals surface area contributed by atoms with Gasteiger partial charge in [0.15, 0.2) is 33.3 Å². The SMILES string of the molecule is CC[Si](C)(C)O[Si](C)(CC)CCc1ccc(CC[Si](C)(CC)O[Si](C)(C)C)cc1. The Balaban J connectivity index is 2.65. The average Bonchev–Trinajstić information content (AvgIpc) is 2.64. The molecule has 0 aliphatic rings. The summed E-state index contributed by atoms with van der Waals surface area (Å²) >= 11 is 0. The van der Waals surface area contributed by atoms with Crippen LogP contribution in [-0.4, -0.2) is 33.3 Å². The summed E-state index contributed by atoms with van der Waals surface area (Å²) in [6.07, 6.45) is 2.31. The predicted molar refractivity (Wildman–Crippen MR) is 141 cm³/mol. The molecule has 1 aromatic carbocycles. The first-order valence-corrected chi connectivity index (χ1v) is 23.9. The van der Waals surface area contributed by atoms with E-state index < -0.39 is 33.3 Å². The van der Waals surface area contributed by atoms with Gasteiger partial charge in [-0.2, -0.15) is 0 Å². The van der Waals surface area contributed by atoms with Crippen molar-refractivity contribution in [3.8, 4) is 0 Å². The summed E-state index contributed by atoms with van der Waals surface area (Å²) in [5.41, 5.74) is 2.93. The highest BCUT2D eigenvalue weighted by Crippen LogP contribution is 2.27. The molecule has 29 heavy (non-hydrogen) atoms. The topological polar surface area (TPSA) is 18.5 Å². The first kappa shape index (κ1) is 27.0. The van der Waals surface area contributed by atoms with Gasteiger partial charge in [0, 0.05) is 0 Å². The van der Waals surface area contributed by atoms with Gasteiger partial charge in [0.25, 0.3) is 0 Å². The second-order valence-electron chi connectivity index (χ2n) is 10.9. The van der Waals surface area contributed by atoms with Crippen molar-refractivity contribution in [3.05, 3.63) is 35.4 Å². The van der Waals surface area contributed by atoms with Gasteiger partial charge in [-0.3, -0.25) is 0 Å². The molecule has 0 N–H and O–H groups in total. The zero-order valence-electron chi connectivity index (χ0n) is 21.1. The highest BCUT2D eigenvalue weighted by molar-refractivity contribution is 6.85. The molecule has 6 heteroatoms. The molecule has 2 nitrogen and oxygen atoms in total. The first-order valence-electron chi connectivity index (χ1n) is 11.7. The molecular weight excluding hydrogens is 421 g/mol. The van der Waals surface area contributed by atoms with Crippen molar-refractivity contribution in [2.24, 2.45) is 0 Å². The molecule has 0 saturated heterocycles. The lowest BCUT2D eigenvalue weighted by Crippen LogP contribution is -2.45. The summed E-state index contributed by atoms with van der Waals surface area (Å²) in [7, 11) is -6.09. The number of rotatable bonds is 13. The van der Waals surface area contributed by atoms with Gasteiger partial charge in [-0.15, -0.1) is 0 Å². The zero-order valence-corrected chi connectivity index (χ0v) is 25.1. The van der Waals surface area contributed by atoms with Crippen molar-refractivity contribution in [1.82, 2.24) is 0 Å². The number of hydrogen-bond donors (Lipinski definition) is 0. The third-order valence-electron chi connectivity index (χ3n) is 6.33. The number of benzene rings is 1. The van der Waals surface area contributed by atoms with Crippen LogP contribution in [0, 0.1) is 0 Å². The predicted octanol–water partition coefficient (Wildman–Crippen LogP) is 8.06. The summed E-state index contributed by atoms with van der Waals surface area (Å²) in [6, 6.07) is 15.5. The summed E-state index contributed by atoms with van der Waals surface area (Å²) in [5, 5.41) is 0. The largest absolute Gasteiger partial charge is 0.456 e. The van der Waals surface area contributed by atoms with Gasteiger partial charge >= 0.3 is 0 Å². The molecule has 0 bridgehead atoms. The minimum absolute atomic E-state index is 1.15. The molecule has 0 fully saturated rings. The maximum absolute atomic E-state index is 6.77. The smallest absolute Gasteiger partial charge is 0.176 e. The molecule has 2 atom stereocenters. The van der Waals surface area contributed by atoms with Gasteiger partial charge in [-0.1, -0.05) is 45.0 Å². The van der Waals surface area contributed by atoms with Crippen LogP contribution in [0.4, 0.5) is 0 Å². The Morgan fingerprint density at radius 1 is 0.586 bits per heavy atom. The minimum Gasteiger partial charge on any atom is -0.456 e. The van der Waals surface area contributed by atoms with Crippen LogP contribution in [-0.2, 0) is 21.1 Å². The lowest BCUT2D eigenvalue weighted by Gasteiger charge is -2.35. The van der Waals surface area contributed by atoms with Gasteiger partial charge in [0.2, 0.25) is 0 Å². The van der Waals surface area contributed by atoms with Crippen molar-refractivity contribution in [2.45, 2.75) is 110 Å². The highest BCUT2D eigenvalue weighted by Gasteiger charge is 2.34. The van der Waals surface area contributed by atoms with E-state index >= 15 is 0 Å². The Hall–Kier alpha value is 0.00753. The second kappa shape index (κ2) is 11.0. The molecule has 0 saturated carbocycles. The fourth-order valence-electron chi connectivity index (χ4n) is 3.77. The fourth-order valence-corrected chi connectivity index (χ4v) is 19.9. The quantitative estimate of drug-likeness (QED) is 0.272. The van der Waals surface area contributed by atoms with Crippen molar-refractivity contribution >= 4 is 33.3 Å². The van der Waals surface area contributed by atoms with Crippen LogP contribution in [0.2, 0.25) is 76.0 Å². The maximum atomic E-state index is 6.77. The van der Waals surface area contributed by atoms with Gasteiger partial charge in [0.05, 0.1) is 0 Å². The van der Waals surface area contributed by atoms with Crippen LogP contribution < -0.4 is 0 Å². The molecular formula is C23H48O2Si4. The molecule has 0 amide bonds.